The number of aromatic nitrogens is 1. The Kier molecular flexibility index (Phi) is 6.04. The fraction of sp³-hybridized carbons (Fsp3) is 0.0500. The molecule has 1 aromatic heterocycles. The number of nitrogens with zero attached hydrogens (tertiary/aromatic N) is 1. The molecule has 0 saturated heterocycles. The number of urea groups is 1. The number of anilines is 1. The van der Waals surface area contributed by atoms with E-state index < -0.39 is 29.1 Å². The molecule has 0 spiro atoms. The molecule has 0 atom stereocenters. The molecule has 148 valence electrons. The Bertz CT molecular complexity index is 1070. The van der Waals surface area contributed by atoms with Gasteiger partial charge in [-0.05, 0) is 42.8 Å². The zero-order chi connectivity index (χ0) is 21.0. The van der Waals surface area contributed by atoms with Gasteiger partial charge < -0.3 is 10.1 Å². The highest BCUT2D eigenvalue weighted by atomic mass is 35.5. The van der Waals surface area contributed by atoms with Crippen molar-refractivity contribution in [3.63, 3.8) is 0 Å². The number of aryl methyl sites for hydroxylation is 1. The van der Waals surface area contributed by atoms with Gasteiger partial charge in [0.25, 0.3) is 5.91 Å². The van der Waals surface area contributed by atoms with Gasteiger partial charge in [-0.15, -0.1) is 0 Å². The van der Waals surface area contributed by atoms with Gasteiger partial charge >= 0.3 is 6.03 Å². The van der Waals surface area contributed by atoms with E-state index in [0.717, 1.165) is 23.8 Å². The summed E-state index contributed by atoms with van der Waals surface area (Å²) in [6.07, 6.45) is 1.59. The number of pyridine rings is 1. The third-order valence-electron chi connectivity index (χ3n) is 3.67. The van der Waals surface area contributed by atoms with Gasteiger partial charge in [0.1, 0.15) is 28.0 Å². The second-order valence-corrected chi connectivity index (χ2v) is 6.34. The molecule has 0 aliphatic heterocycles. The first-order valence-corrected chi connectivity index (χ1v) is 8.67. The minimum atomic E-state index is -1.21. The maximum absolute atomic E-state index is 13.6. The lowest BCUT2D eigenvalue weighted by Gasteiger charge is -2.10. The smallest absolute Gasteiger partial charge is 0.326 e. The Morgan fingerprint density at radius 1 is 1.07 bits per heavy atom. The molecule has 0 bridgehead atoms. The van der Waals surface area contributed by atoms with Gasteiger partial charge in [0, 0.05) is 18.0 Å². The van der Waals surface area contributed by atoms with Crippen LogP contribution in [-0.4, -0.2) is 16.9 Å². The van der Waals surface area contributed by atoms with Crippen molar-refractivity contribution in [2.24, 2.45) is 0 Å². The summed E-state index contributed by atoms with van der Waals surface area (Å²) >= 11 is 6.08. The van der Waals surface area contributed by atoms with E-state index in [1.807, 2.05) is 12.2 Å². The van der Waals surface area contributed by atoms with E-state index in [2.05, 4.69) is 10.3 Å². The molecule has 0 fully saturated rings. The molecule has 3 rings (SSSR count). The number of halogens is 3. The molecular formula is C20H14ClF2N3O3. The first kappa shape index (κ1) is 20.2. The minimum absolute atomic E-state index is 0.184. The number of amides is 3. The molecule has 2 aromatic carbocycles. The molecule has 29 heavy (non-hydrogen) atoms. The highest BCUT2D eigenvalue weighted by Crippen LogP contribution is 2.28. The van der Waals surface area contributed by atoms with Crippen LogP contribution >= 0.6 is 11.6 Å². The molecule has 0 saturated carbocycles. The molecule has 3 aromatic rings. The number of carbonyl (C=O) groups excluding carboxylic acids is 2. The highest BCUT2D eigenvalue weighted by Gasteiger charge is 2.19. The van der Waals surface area contributed by atoms with Crippen molar-refractivity contribution in [2.45, 2.75) is 6.92 Å². The molecule has 2 N–H and O–H groups in total. The summed E-state index contributed by atoms with van der Waals surface area (Å²) in [4.78, 5) is 28.1. The maximum atomic E-state index is 13.6. The van der Waals surface area contributed by atoms with E-state index in [1.165, 1.54) is 12.1 Å². The van der Waals surface area contributed by atoms with Crippen molar-refractivity contribution < 1.29 is 23.1 Å². The average Bonchev–Trinajstić information content (AvgIpc) is 2.64. The van der Waals surface area contributed by atoms with Crippen molar-refractivity contribution in [3.05, 3.63) is 82.5 Å². The molecule has 0 radical (unpaired) electrons. The first-order chi connectivity index (χ1) is 13.8. The summed E-state index contributed by atoms with van der Waals surface area (Å²) < 4.78 is 32.8. The third kappa shape index (κ3) is 5.05. The van der Waals surface area contributed by atoms with Crippen molar-refractivity contribution in [1.82, 2.24) is 10.3 Å². The summed E-state index contributed by atoms with van der Waals surface area (Å²) in [5.74, 6) is -2.85. The molecule has 3 amide bonds. The van der Waals surface area contributed by atoms with Gasteiger partial charge in [0.2, 0.25) is 5.88 Å². The van der Waals surface area contributed by atoms with Crippen LogP contribution in [0.15, 0.2) is 54.7 Å². The SMILES string of the molecule is Cc1cnc(Oc2cccc(NC(=O)NC(=O)c3c(F)cccc3F)c2)c(Cl)c1. The van der Waals surface area contributed by atoms with Crippen molar-refractivity contribution in [2.75, 3.05) is 5.32 Å². The summed E-state index contributed by atoms with van der Waals surface area (Å²) in [6.45, 7) is 1.83. The normalized spacial score (nSPS) is 10.3. The van der Waals surface area contributed by atoms with E-state index >= 15 is 0 Å². The third-order valence-corrected chi connectivity index (χ3v) is 3.94. The second-order valence-electron chi connectivity index (χ2n) is 5.93. The van der Waals surface area contributed by atoms with Crippen LogP contribution in [0.25, 0.3) is 0 Å². The number of carbonyl (C=O) groups is 2. The zero-order valence-electron chi connectivity index (χ0n) is 15.0. The monoisotopic (exact) mass is 417 g/mol. The summed E-state index contributed by atoms with van der Waals surface area (Å²) in [6, 6.07) is 9.86. The van der Waals surface area contributed by atoms with Crippen LogP contribution < -0.4 is 15.4 Å². The summed E-state index contributed by atoms with van der Waals surface area (Å²) in [5, 5.41) is 4.57. The standard InChI is InChI=1S/C20H14ClF2N3O3/c1-11-8-14(21)19(24-10-11)29-13-5-2-4-12(9-13)25-20(28)26-18(27)17-15(22)6-3-7-16(17)23/h2-10H,1H3,(H2,25,26,27,28). The van der Waals surface area contributed by atoms with Gasteiger partial charge in [-0.2, -0.15) is 0 Å². The van der Waals surface area contributed by atoms with Crippen molar-refractivity contribution >= 4 is 29.2 Å². The van der Waals surface area contributed by atoms with E-state index in [4.69, 9.17) is 16.3 Å². The van der Waals surface area contributed by atoms with Crippen LogP contribution in [0.2, 0.25) is 5.02 Å². The predicted octanol–water partition coefficient (Wildman–Crippen LogP) is 5.08. The van der Waals surface area contributed by atoms with Crippen LogP contribution in [0.3, 0.4) is 0 Å². The van der Waals surface area contributed by atoms with Crippen LogP contribution in [-0.2, 0) is 0 Å². The van der Waals surface area contributed by atoms with Gasteiger partial charge in [-0.25, -0.2) is 18.6 Å². The van der Waals surface area contributed by atoms with E-state index in [0.29, 0.717) is 10.8 Å². The number of rotatable bonds is 4. The quantitative estimate of drug-likeness (QED) is 0.620. The molecule has 0 unspecified atom stereocenters. The predicted molar refractivity (Wildman–Crippen MR) is 103 cm³/mol. The van der Waals surface area contributed by atoms with Crippen LogP contribution in [0.1, 0.15) is 15.9 Å². The summed E-state index contributed by atoms with van der Waals surface area (Å²) in [7, 11) is 0. The van der Waals surface area contributed by atoms with Crippen molar-refractivity contribution in [1.29, 1.82) is 0 Å². The van der Waals surface area contributed by atoms with Gasteiger partial charge in [-0.3, -0.25) is 10.1 Å². The average molecular weight is 418 g/mol. The van der Waals surface area contributed by atoms with E-state index in [-0.39, 0.29) is 11.6 Å². The zero-order valence-corrected chi connectivity index (χ0v) is 15.8. The fourth-order valence-electron chi connectivity index (χ4n) is 2.39. The molecule has 0 aliphatic rings. The van der Waals surface area contributed by atoms with E-state index in [9.17, 15) is 18.4 Å². The summed E-state index contributed by atoms with van der Waals surface area (Å²) in [5.41, 5.74) is 0.287. The topological polar surface area (TPSA) is 80.3 Å². The first-order valence-electron chi connectivity index (χ1n) is 8.30. The van der Waals surface area contributed by atoms with Gasteiger partial charge in [-0.1, -0.05) is 23.7 Å². The lowest BCUT2D eigenvalue weighted by molar-refractivity contribution is 0.0959. The Hall–Kier alpha value is -3.52. The second kappa shape index (κ2) is 8.66. The van der Waals surface area contributed by atoms with Gasteiger partial charge in [0.05, 0.1) is 0 Å². The lowest BCUT2D eigenvalue weighted by Crippen LogP contribution is -2.35. The minimum Gasteiger partial charge on any atom is -0.437 e. The Balaban J connectivity index is 1.68. The molecule has 9 heteroatoms. The number of benzene rings is 2. The van der Waals surface area contributed by atoms with Gasteiger partial charge in [0.15, 0.2) is 0 Å². The number of hydrogen-bond donors (Lipinski definition) is 2. The number of hydrogen-bond acceptors (Lipinski definition) is 4. The van der Waals surface area contributed by atoms with E-state index in [1.54, 1.807) is 24.4 Å². The fourth-order valence-corrected chi connectivity index (χ4v) is 2.65. The Morgan fingerprint density at radius 2 is 1.76 bits per heavy atom. The number of imide groups is 1. The molecular weight excluding hydrogens is 404 g/mol. The van der Waals surface area contributed by atoms with Crippen LogP contribution in [0.4, 0.5) is 19.3 Å². The van der Waals surface area contributed by atoms with Crippen LogP contribution in [0.5, 0.6) is 11.6 Å². The molecule has 6 nitrogen and oxygen atoms in total. The lowest BCUT2D eigenvalue weighted by atomic mass is 10.2. The number of nitrogens with one attached hydrogen (secondary N) is 2. The molecule has 1 heterocycles. The largest absolute Gasteiger partial charge is 0.437 e. The maximum Gasteiger partial charge on any atom is 0.326 e. The number of ether oxygens (including phenoxy) is 1. The van der Waals surface area contributed by atoms with Crippen molar-refractivity contribution in [3.8, 4) is 11.6 Å². The van der Waals surface area contributed by atoms with Crippen LogP contribution in [0, 0.1) is 18.6 Å². The Morgan fingerprint density at radius 3 is 2.45 bits per heavy atom. The molecule has 0 aliphatic carbocycles. The highest BCUT2D eigenvalue weighted by molar-refractivity contribution is 6.31. The Labute approximate surface area is 169 Å².